The molecule has 0 bridgehead atoms. The number of fused-ring (bicyclic) bond motifs is 1. The number of thiocarbonyl (C=S) groups is 1. The smallest absolute Gasteiger partial charge is 0.293 e. The lowest BCUT2D eigenvalue weighted by Gasteiger charge is -2.11. The number of nitrogens with one attached hydrogen (secondary N) is 2. The van der Waals surface area contributed by atoms with Crippen LogP contribution in [0.15, 0.2) is 52.9 Å². The summed E-state index contributed by atoms with van der Waals surface area (Å²) < 4.78 is 14.0. The molecule has 0 fully saturated rings. The number of furan rings is 1. The van der Waals surface area contributed by atoms with Crippen molar-refractivity contribution in [3.63, 3.8) is 0 Å². The van der Waals surface area contributed by atoms with Gasteiger partial charge in [0.2, 0.25) is 0 Å². The summed E-state index contributed by atoms with van der Waals surface area (Å²) in [6.07, 6.45) is 0. The molecule has 2 aromatic heterocycles. The molecule has 0 radical (unpaired) electrons. The maximum atomic E-state index is 12.5. The number of nitro groups is 1. The van der Waals surface area contributed by atoms with Gasteiger partial charge in [-0.2, -0.15) is 8.75 Å². The van der Waals surface area contributed by atoms with Gasteiger partial charge in [0.05, 0.1) is 22.3 Å². The van der Waals surface area contributed by atoms with Crippen molar-refractivity contribution in [3.8, 4) is 11.3 Å². The highest BCUT2D eigenvalue weighted by molar-refractivity contribution is 7.80. The van der Waals surface area contributed by atoms with Gasteiger partial charge in [-0.1, -0.05) is 18.2 Å². The van der Waals surface area contributed by atoms with Crippen LogP contribution in [0.2, 0.25) is 0 Å². The summed E-state index contributed by atoms with van der Waals surface area (Å²) in [6.45, 7) is 1.89. The Balaban J connectivity index is 1.49. The van der Waals surface area contributed by atoms with E-state index in [1.54, 1.807) is 18.2 Å². The molecule has 2 N–H and O–H groups in total. The molecule has 9 nitrogen and oxygen atoms in total. The SMILES string of the molecule is Cc1ccc2nsnc2c1NC(=S)NC(=O)c1ccc(-c2cccc([N+](=O)[O-])c2)o1. The number of rotatable bonds is 4. The molecular weight excluding hydrogens is 426 g/mol. The first-order valence-electron chi connectivity index (χ1n) is 8.61. The lowest BCUT2D eigenvalue weighted by Crippen LogP contribution is -2.34. The number of carbonyl (C=O) groups is 1. The third kappa shape index (κ3) is 3.88. The number of hydrogen-bond acceptors (Lipinski definition) is 8. The second-order valence-corrected chi connectivity index (χ2v) is 7.21. The number of amides is 1. The zero-order valence-electron chi connectivity index (χ0n) is 15.4. The Morgan fingerprint density at radius 1 is 1.20 bits per heavy atom. The Morgan fingerprint density at radius 3 is 2.83 bits per heavy atom. The van der Waals surface area contributed by atoms with Gasteiger partial charge in [-0.25, -0.2) is 0 Å². The topological polar surface area (TPSA) is 123 Å². The van der Waals surface area contributed by atoms with Gasteiger partial charge in [0.25, 0.3) is 11.6 Å². The average Bonchev–Trinajstić information content (AvgIpc) is 3.40. The summed E-state index contributed by atoms with van der Waals surface area (Å²) in [6, 6.07) is 12.7. The number of aryl methyl sites for hydroxylation is 1. The summed E-state index contributed by atoms with van der Waals surface area (Å²) in [5, 5.41) is 16.6. The Labute approximate surface area is 179 Å². The van der Waals surface area contributed by atoms with Crippen LogP contribution in [0, 0.1) is 17.0 Å². The van der Waals surface area contributed by atoms with Gasteiger partial charge < -0.3 is 9.73 Å². The molecule has 11 heteroatoms. The number of hydrogen-bond donors (Lipinski definition) is 2. The highest BCUT2D eigenvalue weighted by Gasteiger charge is 2.17. The predicted molar refractivity (Wildman–Crippen MR) is 117 cm³/mol. The van der Waals surface area contributed by atoms with Crippen molar-refractivity contribution in [1.29, 1.82) is 0 Å². The fraction of sp³-hybridized carbons (Fsp3) is 0.0526. The molecule has 2 aromatic carbocycles. The minimum absolute atomic E-state index is 0.0194. The monoisotopic (exact) mass is 439 g/mol. The van der Waals surface area contributed by atoms with E-state index >= 15 is 0 Å². The van der Waals surface area contributed by atoms with Crippen LogP contribution in [0.5, 0.6) is 0 Å². The Bertz CT molecular complexity index is 1300. The molecule has 0 saturated heterocycles. The van der Waals surface area contributed by atoms with Crippen LogP contribution in [0.4, 0.5) is 11.4 Å². The number of carbonyl (C=O) groups excluding carboxylic acids is 1. The van der Waals surface area contributed by atoms with Crippen LogP contribution in [-0.4, -0.2) is 24.7 Å². The fourth-order valence-electron chi connectivity index (χ4n) is 2.81. The van der Waals surface area contributed by atoms with Gasteiger partial charge in [0.1, 0.15) is 16.8 Å². The second-order valence-electron chi connectivity index (χ2n) is 6.27. The summed E-state index contributed by atoms with van der Waals surface area (Å²) in [5.41, 5.74) is 3.39. The summed E-state index contributed by atoms with van der Waals surface area (Å²) in [7, 11) is 0. The van der Waals surface area contributed by atoms with E-state index in [0.717, 1.165) is 22.8 Å². The van der Waals surface area contributed by atoms with E-state index in [-0.39, 0.29) is 16.6 Å². The van der Waals surface area contributed by atoms with E-state index in [0.29, 0.717) is 22.5 Å². The standard InChI is InChI=1S/C19H13N5O4S2/c1-10-5-6-13-17(23-30-22-13)16(10)20-19(29)21-18(25)15-8-7-14(28-15)11-3-2-4-12(9-11)24(26)27/h2-9H,1H3,(H2,20,21,25,29). The van der Waals surface area contributed by atoms with Gasteiger partial charge >= 0.3 is 0 Å². The molecule has 0 aliphatic rings. The first-order valence-corrected chi connectivity index (χ1v) is 9.75. The van der Waals surface area contributed by atoms with Crippen molar-refractivity contribution in [2.45, 2.75) is 6.92 Å². The van der Waals surface area contributed by atoms with E-state index in [4.69, 9.17) is 16.6 Å². The first-order chi connectivity index (χ1) is 14.4. The van der Waals surface area contributed by atoms with Gasteiger partial charge in [-0.05, 0) is 42.9 Å². The zero-order chi connectivity index (χ0) is 21.3. The normalized spacial score (nSPS) is 10.7. The number of non-ortho nitro benzene ring substituents is 1. The molecule has 4 aromatic rings. The van der Waals surface area contributed by atoms with Crippen LogP contribution >= 0.6 is 23.9 Å². The molecule has 0 aliphatic carbocycles. The number of nitrogens with zero attached hydrogens (tertiary/aromatic N) is 3. The zero-order valence-corrected chi connectivity index (χ0v) is 17.0. The second kappa shape index (κ2) is 7.97. The van der Waals surface area contributed by atoms with Gasteiger partial charge in [0.15, 0.2) is 10.9 Å². The molecule has 150 valence electrons. The fourth-order valence-corrected chi connectivity index (χ4v) is 3.54. The first kappa shape index (κ1) is 19.6. The Hall–Kier alpha value is -3.70. The number of anilines is 1. The molecule has 0 saturated carbocycles. The number of nitro benzene ring substituents is 1. The van der Waals surface area contributed by atoms with Crippen molar-refractivity contribution in [2.24, 2.45) is 0 Å². The maximum Gasteiger partial charge on any atom is 0.293 e. The third-order valence-electron chi connectivity index (χ3n) is 4.27. The number of benzene rings is 2. The van der Waals surface area contributed by atoms with Gasteiger partial charge in [-0.15, -0.1) is 0 Å². The quantitative estimate of drug-likeness (QED) is 0.274. The van der Waals surface area contributed by atoms with Gasteiger partial charge in [-0.3, -0.25) is 20.2 Å². The van der Waals surface area contributed by atoms with E-state index in [2.05, 4.69) is 19.4 Å². The molecular formula is C19H13N5O4S2. The summed E-state index contributed by atoms with van der Waals surface area (Å²) in [5.74, 6) is -0.201. The van der Waals surface area contributed by atoms with Crippen molar-refractivity contribution in [3.05, 3.63) is 70.0 Å². The van der Waals surface area contributed by atoms with Crippen molar-refractivity contribution >= 4 is 57.4 Å². The third-order valence-corrected chi connectivity index (χ3v) is 5.02. The summed E-state index contributed by atoms with van der Waals surface area (Å²) in [4.78, 5) is 22.9. The molecule has 0 atom stereocenters. The Morgan fingerprint density at radius 2 is 2.03 bits per heavy atom. The molecule has 0 unspecified atom stereocenters. The molecule has 2 heterocycles. The molecule has 0 spiro atoms. The predicted octanol–water partition coefficient (Wildman–Crippen LogP) is 4.29. The molecule has 4 rings (SSSR count). The summed E-state index contributed by atoms with van der Waals surface area (Å²) >= 11 is 6.34. The lowest BCUT2D eigenvalue weighted by atomic mass is 10.1. The lowest BCUT2D eigenvalue weighted by molar-refractivity contribution is -0.384. The van der Waals surface area contributed by atoms with Crippen LogP contribution < -0.4 is 10.6 Å². The van der Waals surface area contributed by atoms with E-state index in [1.807, 2.05) is 19.1 Å². The van der Waals surface area contributed by atoms with E-state index in [9.17, 15) is 14.9 Å². The van der Waals surface area contributed by atoms with Crippen LogP contribution in [0.1, 0.15) is 16.1 Å². The highest BCUT2D eigenvalue weighted by Crippen LogP contribution is 2.27. The Kier molecular flexibility index (Phi) is 5.21. The maximum absolute atomic E-state index is 12.5. The minimum Gasteiger partial charge on any atom is -0.451 e. The average molecular weight is 439 g/mol. The van der Waals surface area contributed by atoms with E-state index < -0.39 is 10.8 Å². The largest absolute Gasteiger partial charge is 0.451 e. The number of aromatic nitrogens is 2. The van der Waals surface area contributed by atoms with Crippen LogP contribution in [0.3, 0.4) is 0 Å². The van der Waals surface area contributed by atoms with Crippen LogP contribution in [-0.2, 0) is 0 Å². The highest BCUT2D eigenvalue weighted by atomic mass is 32.1. The van der Waals surface area contributed by atoms with Gasteiger partial charge in [0, 0.05) is 17.7 Å². The molecule has 30 heavy (non-hydrogen) atoms. The molecule has 0 aliphatic heterocycles. The van der Waals surface area contributed by atoms with Crippen molar-refractivity contribution in [2.75, 3.05) is 5.32 Å². The van der Waals surface area contributed by atoms with Crippen molar-refractivity contribution < 1.29 is 14.1 Å². The van der Waals surface area contributed by atoms with E-state index in [1.165, 1.54) is 18.2 Å². The van der Waals surface area contributed by atoms with Crippen LogP contribution in [0.25, 0.3) is 22.4 Å². The minimum atomic E-state index is -0.551. The van der Waals surface area contributed by atoms with Crippen molar-refractivity contribution in [1.82, 2.24) is 14.1 Å². The molecule has 1 amide bonds.